The molecule has 0 spiro atoms. The Bertz CT molecular complexity index is 582. The number of benzene rings is 1. The van der Waals surface area contributed by atoms with Crippen LogP contribution in [0.2, 0.25) is 0 Å². The van der Waals surface area contributed by atoms with Crippen LogP contribution in [0.3, 0.4) is 0 Å². The first-order chi connectivity index (χ1) is 9.46. The molecule has 20 heavy (non-hydrogen) atoms. The summed E-state index contributed by atoms with van der Waals surface area (Å²) in [5.41, 5.74) is 0.415. The number of amides is 1. The number of H-pyrrole nitrogens is 1. The van der Waals surface area contributed by atoms with Gasteiger partial charge >= 0.3 is 6.18 Å². The van der Waals surface area contributed by atoms with Crippen LogP contribution in [0.5, 0.6) is 5.75 Å². The van der Waals surface area contributed by atoms with Gasteiger partial charge in [-0.25, -0.2) is 0 Å². The van der Waals surface area contributed by atoms with E-state index >= 15 is 0 Å². The number of rotatable bonds is 4. The maximum absolute atomic E-state index is 12.1. The number of aromatic nitrogens is 2. The third-order valence-corrected chi connectivity index (χ3v) is 2.29. The molecular weight excluding hydrogens is 275 g/mol. The number of para-hydroxylation sites is 2. The number of nitrogens with one attached hydrogen (secondary N) is 2. The molecule has 0 radical (unpaired) electrons. The maximum atomic E-state index is 12.1. The molecule has 1 aromatic carbocycles. The lowest BCUT2D eigenvalue weighted by Crippen LogP contribution is -2.20. The molecule has 2 N–H and O–H groups in total. The fraction of sp³-hybridized carbons (Fsp3) is 0.167. The first-order valence-corrected chi connectivity index (χ1v) is 5.54. The van der Waals surface area contributed by atoms with E-state index in [0.29, 0.717) is 0 Å². The molecule has 0 fully saturated rings. The van der Waals surface area contributed by atoms with Crippen molar-refractivity contribution in [2.24, 2.45) is 0 Å². The molecule has 2 aromatic rings. The molecule has 2 rings (SSSR count). The Balaban J connectivity index is 2.10. The monoisotopic (exact) mass is 285 g/mol. The van der Waals surface area contributed by atoms with Crippen molar-refractivity contribution in [2.75, 3.05) is 11.9 Å². The van der Waals surface area contributed by atoms with Gasteiger partial charge in [0.1, 0.15) is 5.75 Å². The van der Waals surface area contributed by atoms with Crippen molar-refractivity contribution in [2.45, 2.75) is 6.18 Å². The summed E-state index contributed by atoms with van der Waals surface area (Å²) in [6, 6.07) is 5.88. The Hall–Kier alpha value is -2.51. The zero-order chi connectivity index (χ0) is 14.6. The molecule has 0 unspecified atom stereocenters. The van der Waals surface area contributed by atoms with Crippen molar-refractivity contribution in [3.8, 4) is 5.75 Å². The van der Waals surface area contributed by atoms with Crippen molar-refractivity contribution >= 4 is 11.6 Å². The Morgan fingerprint density at radius 3 is 2.75 bits per heavy atom. The van der Waals surface area contributed by atoms with E-state index in [1.807, 2.05) is 0 Å². The van der Waals surface area contributed by atoms with E-state index in [1.54, 1.807) is 6.07 Å². The van der Waals surface area contributed by atoms with Gasteiger partial charge < -0.3 is 10.1 Å². The summed E-state index contributed by atoms with van der Waals surface area (Å²) in [6.07, 6.45) is -1.77. The van der Waals surface area contributed by atoms with Gasteiger partial charge in [-0.1, -0.05) is 12.1 Å². The molecule has 106 valence electrons. The highest BCUT2D eigenvalue weighted by Gasteiger charge is 2.28. The Morgan fingerprint density at radius 1 is 1.35 bits per heavy atom. The number of hydrogen-bond acceptors (Lipinski definition) is 3. The predicted octanol–water partition coefficient (Wildman–Crippen LogP) is 2.60. The van der Waals surface area contributed by atoms with Gasteiger partial charge in [-0.3, -0.25) is 9.89 Å². The number of carbonyl (C=O) groups is 1. The van der Waals surface area contributed by atoms with Crippen LogP contribution in [0, 0.1) is 0 Å². The summed E-state index contributed by atoms with van der Waals surface area (Å²) in [6.45, 7) is -1.43. The van der Waals surface area contributed by atoms with Crippen molar-refractivity contribution in [3.63, 3.8) is 0 Å². The fourth-order valence-corrected chi connectivity index (χ4v) is 1.42. The van der Waals surface area contributed by atoms with Gasteiger partial charge in [0.2, 0.25) is 0 Å². The summed E-state index contributed by atoms with van der Waals surface area (Å²) in [5.74, 6) is -0.552. The van der Waals surface area contributed by atoms with Gasteiger partial charge in [-0.15, -0.1) is 0 Å². The van der Waals surface area contributed by atoms with Crippen molar-refractivity contribution in [3.05, 3.63) is 42.2 Å². The highest BCUT2D eigenvalue weighted by molar-refractivity contribution is 6.04. The molecule has 0 saturated carbocycles. The summed E-state index contributed by atoms with van der Waals surface area (Å²) in [5, 5.41) is 8.53. The first kappa shape index (κ1) is 13.9. The average Bonchev–Trinajstić information content (AvgIpc) is 2.90. The second-order valence-corrected chi connectivity index (χ2v) is 3.84. The van der Waals surface area contributed by atoms with Crippen molar-refractivity contribution in [1.29, 1.82) is 0 Å². The molecule has 0 saturated heterocycles. The molecular formula is C12H10F3N3O2. The molecule has 0 aliphatic heterocycles. The van der Waals surface area contributed by atoms with Crippen LogP contribution in [0.1, 0.15) is 10.4 Å². The average molecular weight is 285 g/mol. The van der Waals surface area contributed by atoms with Gasteiger partial charge in [-0.2, -0.15) is 18.3 Å². The highest BCUT2D eigenvalue weighted by Crippen LogP contribution is 2.26. The molecule has 8 heteroatoms. The number of anilines is 1. The minimum absolute atomic E-state index is 0.0540. The highest BCUT2D eigenvalue weighted by atomic mass is 19.4. The van der Waals surface area contributed by atoms with Gasteiger partial charge in [0.25, 0.3) is 5.91 Å². The normalized spacial score (nSPS) is 11.2. The third-order valence-electron chi connectivity index (χ3n) is 2.29. The summed E-state index contributed by atoms with van der Waals surface area (Å²) >= 11 is 0. The van der Waals surface area contributed by atoms with E-state index in [0.717, 1.165) is 0 Å². The largest absolute Gasteiger partial charge is 0.482 e. The van der Waals surface area contributed by atoms with E-state index < -0.39 is 18.7 Å². The predicted molar refractivity (Wildman–Crippen MR) is 64.5 cm³/mol. The zero-order valence-electron chi connectivity index (χ0n) is 10.1. The summed E-state index contributed by atoms with van der Waals surface area (Å²) in [4.78, 5) is 11.8. The van der Waals surface area contributed by atoms with Crippen LogP contribution in [-0.4, -0.2) is 28.9 Å². The van der Waals surface area contributed by atoms with Crippen molar-refractivity contribution in [1.82, 2.24) is 10.2 Å². The van der Waals surface area contributed by atoms with Gasteiger partial charge in [-0.05, 0) is 12.1 Å². The standard InChI is InChI=1S/C12H10F3N3O2/c13-12(14,15)7-20-10-4-2-1-3-9(10)18-11(19)8-5-16-17-6-8/h1-6H,7H2,(H,16,17)(H,18,19). The molecule has 0 bridgehead atoms. The SMILES string of the molecule is O=C(Nc1ccccc1OCC(F)(F)F)c1cn[nH]c1. The number of aromatic amines is 1. The van der Waals surface area contributed by atoms with E-state index in [2.05, 4.69) is 20.3 Å². The first-order valence-electron chi connectivity index (χ1n) is 5.54. The lowest BCUT2D eigenvalue weighted by Gasteiger charge is -2.13. The lowest BCUT2D eigenvalue weighted by atomic mass is 10.2. The molecule has 0 atom stereocenters. The van der Waals surface area contributed by atoms with Crippen LogP contribution in [0.15, 0.2) is 36.7 Å². The Kier molecular flexibility index (Phi) is 3.92. The minimum atomic E-state index is -4.44. The molecule has 0 aliphatic rings. The van der Waals surface area contributed by atoms with E-state index in [1.165, 1.54) is 30.6 Å². The second kappa shape index (κ2) is 5.64. The van der Waals surface area contributed by atoms with Gasteiger partial charge in [0, 0.05) is 6.20 Å². The molecule has 1 aromatic heterocycles. The number of halogens is 3. The van der Waals surface area contributed by atoms with Crippen LogP contribution < -0.4 is 10.1 Å². The quantitative estimate of drug-likeness (QED) is 0.907. The molecule has 0 aliphatic carbocycles. The minimum Gasteiger partial charge on any atom is -0.482 e. The zero-order valence-corrected chi connectivity index (χ0v) is 10.1. The van der Waals surface area contributed by atoms with Gasteiger partial charge in [0.15, 0.2) is 6.61 Å². The number of hydrogen-bond donors (Lipinski definition) is 2. The third kappa shape index (κ3) is 3.74. The molecule has 1 amide bonds. The van der Waals surface area contributed by atoms with Crippen molar-refractivity contribution < 1.29 is 22.7 Å². The molecule has 5 nitrogen and oxygen atoms in total. The van der Waals surface area contributed by atoms with Crippen LogP contribution in [0.25, 0.3) is 0 Å². The van der Waals surface area contributed by atoms with E-state index in [-0.39, 0.29) is 17.0 Å². The summed E-state index contributed by atoms with van der Waals surface area (Å²) in [7, 11) is 0. The lowest BCUT2D eigenvalue weighted by molar-refractivity contribution is -0.153. The smallest absolute Gasteiger partial charge is 0.422 e. The van der Waals surface area contributed by atoms with Gasteiger partial charge in [0.05, 0.1) is 17.4 Å². The second-order valence-electron chi connectivity index (χ2n) is 3.84. The van der Waals surface area contributed by atoms with Crippen LogP contribution in [-0.2, 0) is 0 Å². The van der Waals surface area contributed by atoms with E-state index in [4.69, 9.17) is 0 Å². The van der Waals surface area contributed by atoms with E-state index in [9.17, 15) is 18.0 Å². The summed E-state index contributed by atoms with van der Waals surface area (Å²) < 4.78 is 41.1. The van der Waals surface area contributed by atoms with Crippen LogP contribution >= 0.6 is 0 Å². The number of ether oxygens (including phenoxy) is 1. The fourth-order valence-electron chi connectivity index (χ4n) is 1.42. The Morgan fingerprint density at radius 2 is 2.10 bits per heavy atom. The molecule has 1 heterocycles. The van der Waals surface area contributed by atoms with Crippen LogP contribution in [0.4, 0.5) is 18.9 Å². The number of nitrogens with zero attached hydrogens (tertiary/aromatic N) is 1. The topological polar surface area (TPSA) is 67.0 Å². The maximum Gasteiger partial charge on any atom is 0.422 e. The number of carbonyl (C=O) groups excluding carboxylic acids is 1. The number of alkyl halides is 3. The Labute approximate surface area is 111 Å².